The molecule has 48 heavy (non-hydrogen) atoms. The van der Waals surface area contributed by atoms with E-state index in [1.807, 2.05) is 66.8 Å². The summed E-state index contributed by atoms with van der Waals surface area (Å²) < 4.78 is 4.48. The zero-order valence-electron chi connectivity index (χ0n) is 30.0. The van der Waals surface area contributed by atoms with Crippen molar-refractivity contribution >= 4 is 44.7 Å². The molecule has 0 unspecified atom stereocenters. The van der Waals surface area contributed by atoms with Crippen LogP contribution in [0.3, 0.4) is 0 Å². The summed E-state index contributed by atoms with van der Waals surface area (Å²) >= 11 is 0. The quantitative estimate of drug-likeness (QED) is 0.173. The average molecular weight is 634 g/mol. The normalized spacial score (nSPS) is 10.2. The number of allylic oxidation sites excluding steroid dienone is 2. The van der Waals surface area contributed by atoms with Crippen LogP contribution in [0.4, 0.5) is 0 Å². The molecule has 0 aliphatic rings. The summed E-state index contributed by atoms with van der Waals surface area (Å²) in [7, 11) is 0. The number of aromatic nitrogens is 3. The van der Waals surface area contributed by atoms with Crippen LogP contribution in [0.1, 0.15) is 66.6 Å². The van der Waals surface area contributed by atoms with Crippen molar-refractivity contribution in [2.24, 2.45) is 0 Å². The van der Waals surface area contributed by atoms with Crippen LogP contribution < -0.4 is 0 Å². The van der Waals surface area contributed by atoms with Crippen LogP contribution in [0, 0.1) is 0 Å². The van der Waals surface area contributed by atoms with Crippen molar-refractivity contribution in [2.45, 2.75) is 55.4 Å². The SMILES string of the molecule is C=CC.C=Cc1c(/C=C\C)c2cc3c(ccc4c3ccn4-c3ccccc3)cc2n1-c1ccc(-c2ccccc2)cn1.CC.CC.CC. The molecule has 0 atom stereocenters. The molecule has 7 rings (SSSR count). The number of para-hydroxylation sites is 1. The molecule has 0 aliphatic heterocycles. The molecule has 0 saturated carbocycles. The molecule has 3 aromatic heterocycles. The van der Waals surface area contributed by atoms with Crippen molar-refractivity contribution < 1.29 is 0 Å². The predicted molar refractivity (Wildman–Crippen MR) is 216 cm³/mol. The summed E-state index contributed by atoms with van der Waals surface area (Å²) in [6, 6.07) is 36.4. The van der Waals surface area contributed by atoms with Crippen LogP contribution in [0.15, 0.2) is 141 Å². The fourth-order valence-electron chi connectivity index (χ4n) is 5.70. The van der Waals surface area contributed by atoms with E-state index in [-0.39, 0.29) is 0 Å². The molecule has 0 fully saturated rings. The molecule has 0 saturated heterocycles. The van der Waals surface area contributed by atoms with Gasteiger partial charge in [-0.15, -0.1) is 6.58 Å². The molecule has 0 amide bonds. The highest BCUT2D eigenvalue weighted by molar-refractivity contribution is 6.13. The van der Waals surface area contributed by atoms with Gasteiger partial charge in [0.2, 0.25) is 0 Å². The molecule has 3 heteroatoms. The first-order valence-corrected chi connectivity index (χ1v) is 17.2. The van der Waals surface area contributed by atoms with Gasteiger partial charge in [-0.3, -0.25) is 4.57 Å². The molecule has 0 spiro atoms. The maximum atomic E-state index is 4.91. The number of hydrogen-bond acceptors (Lipinski definition) is 1. The number of hydrogen-bond donors (Lipinski definition) is 0. The molecule has 246 valence electrons. The fourth-order valence-corrected chi connectivity index (χ4v) is 5.70. The van der Waals surface area contributed by atoms with E-state index in [1.165, 1.54) is 27.1 Å². The van der Waals surface area contributed by atoms with E-state index in [2.05, 4.69) is 145 Å². The van der Waals surface area contributed by atoms with Gasteiger partial charge in [-0.2, -0.15) is 0 Å². The summed E-state index contributed by atoms with van der Waals surface area (Å²) in [5, 5.41) is 4.86. The van der Waals surface area contributed by atoms with E-state index in [1.54, 1.807) is 6.08 Å². The van der Waals surface area contributed by atoms with Crippen LogP contribution in [0.5, 0.6) is 0 Å². The van der Waals surface area contributed by atoms with Gasteiger partial charge in [0.1, 0.15) is 5.82 Å². The van der Waals surface area contributed by atoms with Crippen molar-refractivity contribution in [3.8, 4) is 22.6 Å². The second kappa shape index (κ2) is 18.7. The highest BCUT2D eigenvalue weighted by Gasteiger charge is 2.18. The van der Waals surface area contributed by atoms with Gasteiger partial charge < -0.3 is 4.57 Å². The summed E-state index contributed by atoms with van der Waals surface area (Å²) in [6.07, 6.45) is 12.1. The van der Waals surface area contributed by atoms with Crippen LogP contribution >= 0.6 is 0 Å². The number of benzene rings is 4. The molecule has 4 aromatic carbocycles. The number of pyridine rings is 1. The Bertz CT molecular complexity index is 2060. The van der Waals surface area contributed by atoms with Crippen molar-refractivity contribution in [1.82, 2.24) is 14.1 Å². The Morgan fingerprint density at radius 3 is 1.85 bits per heavy atom. The minimum atomic E-state index is 0.876. The second-order valence-electron chi connectivity index (χ2n) is 10.1. The molecule has 3 nitrogen and oxygen atoms in total. The Labute approximate surface area is 288 Å². The zero-order valence-corrected chi connectivity index (χ0v) is 30.0. The van der Waals surface area contributed by atoms with Gasteiger partial charge in [-0.25, -0.2) is 4.98 Å². The maximum Gasteiger partial charge on any atom is 0.137 e. The van der Waals surface area contributed by atoms with Crippen molar-refractivity contribution in [3.05, 3.63) is 152 Å². The first-order valence-electron chi connectivity index (χ1n) is 17.2. The molecule has 0 bridgehead atoms. The lowest BCUT2D eigenvalue weighted by atomic mass is 10.0. The first-order chi connectivity index (χ1) is 23.7. The van der Waals surface area contributed by atoms with Gasteiger partial charge in [0.25, 0.3) is 0 Å². The number of fused-ring (bicyclic) bond motifs is 4. The largest absolute Gasteiger partial charge is 0.317 e. The van der Waals surface area contributed by atoms with Gasteiger partial charge >= 0.3 is 0 Å². The second-order valence-corrected chi connectivity index (χ2v) is 10.1. The Morgan fingerprint density at radius 1 is 0.625 bits per heavy atom. The maximum absolute atomic E-state index is 4.91. The fraction of sp³-hybridized carbons (Fsp3) is 0.178. The third kappa shape index (κ3) is 7.58. The van der Waals surface area contributed by atoms with Crippen LogP contribution in [-0.2, 0) is 0 Å². The summed E-state index contributed by atoms with van der Waals surface area (Å²) in [5.74, 6) is 0.876. The molecule has 0 radical (unpaired) electrons. The summed E-state index contributed by atoms with van der Waals surface area (Å²) in [5.41, 5.74) is 7.92. The van der Waals surface area contributed by atoms with E-state index in [9.17, 15) is 0 Å². The Hall–Kier alpha value is -5.41. The molecule has 3 heterocycles. The molecule has 0 aliphatic carbocycles. The van der Waals surface area contributed by atoms with E-state index in [0.717, 1.165) is 39.4 Å². The third-order valence-corrected chi connectivity index (χ3v) is 7.50. The Morgan fingerprint density at radius 2 is 1.27 bits per heavy atom. The van der Waals surface area contributed by atoms with Gasteiger partial charge in [-0.05, 0) is 84.8 Å². The average Bonchev–Trinajstić information content (AvgIpc) is 3.74. The van der Waals surface area contributed by atoms with E-state index >= 15 is 0 Å². The van der Waals surface area contributed by atoms with Gasteiger partial charge in [0.15, 0.2) is 0 Å². The van der Waals surface area contributed by atoms with Crippen molar-refractivity contribution in [3.63, 3.8) is 0 Å². The molecular formula is C45H51N3. The van der Waals surface area contributed by atoms with E-state index < -0.39 is 0 Å². The van der Waals surface area contributed by atoms with Gasteiger partial charge in [0.05, 0.1) is 16.7 Å². The predicted octanol–water partition coefficient (Wildman–Crippen LogP) is 13.7. The Kier molecular flexibility index (Phi) is 14.4. The van der Waals surface area contributed by atoms with Crippen LogP contribution in [0.2, 0.25) is 0 Å². The van der Waals surface area contributed by atoms with Crippen molar-refractivity contribution in [1.29, 1.82) is 0 Å². The smallest absolute Gasteiger partial charge is 0.137 e. The van der Waals surface area contributed by atoms with Crippen molar-refractivity contribution in [2.75, 3.05) is 0 Å². The Balaban J connectivity index is 0.000000639. The first kappa shape index (κ1) is 37.1. The number of rotatable bonds is 5. The lowest BCUT2D eigenvalue weighted by Gasteiger charge is -2.10. The summed E-state index contributed by atoms with van der Waals surface area (Å²) in [4.78, 5) is 4.91. The minimum absolute atomic E-state index is 0.876. The third-order valence-electron chi connectivity index (χ3n) is 7.50. The monoisotopic (exact) mass is 633 g/mol. The highest BCUT2D eigenvalue weighted by Crippen LogP contribution is 2.37. The lowest BCUT2D eigenvalue weighted by molar-refractivity contribution is 1.03. The van der Waals surface area contributed by atoms with E-state index in [4.69, 9.17) is 4.98 Å². The van der Waals surface area contributed by atoms with Gasteiger partial charge in [0, 0.05) is 40.0 Å². The molecular weight excluding hydrogens is 583 g/mol. The highest BCUT2D eigenvalue weighted by atomic mass is 15.1. The van der Waals surface area contributed by atoms with Gasteiger partial charge in [-0.1, -0.05) is 121 Å². The van der Waals surface area contributed by atoms with Crippen LogP contribution in [-0.4, -0.2) is 14.1 Å². The minimum Gasteiger partial charge on any atom is -0.317 e. The summed E-state index contributed by atoms with van der Waals surface area (Å²) in [6.45, 7) is 23.5. The zero-order chi connectivity index (χ0) is 35.1. The van der Waals surface area contributed by atoms with E-state index in [0.29, 0.717) is 0 Å². The standard InChI is InChI=1S/C36H27N3.C3H6.3C2H6/c1-3-11-29-32-23-31-26(16-18-34-30(31)20-21-38(34)28-14-9-6-10-15-28)22-35(32)39(33(29)4-2)36-19-17-27(24-37-36)25-12-7-5-8-13-25;1-3-2;3*1-2/h3-24H,2H2,1H3;3H,1H2,2H3;3*1-2H3/b11-3-;;;;. The number of nitrogens with zero attached hydrogens (tertiary/aromatic N) is 3. The topological polar surface area (TPSA) is 22.8 Å². The molecule has 7 aromatic rings. The lowest BCUT2D eigenvalue weighted by Crippen LogP contribution is -2.00. The van der Waals surface area contributed by atoms with Crippen LogP contribution in [0.25, 0.3) is 67.4 Å². The molecule has 0 N–H and O–H groups in total.